The van der Waals surface area contributed by atoms with E-state index < -0.39 is 23.4 Å². The number of halogens is 2. The van der Waals surface area contributed by atoms with Gasteiger partial charge in [0.25, 0.3) is 0 Å². The molecule has 0 spiro atoms. The number of hydrogen-bond acceptors (Lipinski definition) is 5. The van der Waals surface area contributed by atoms with Crippen LogP contribution in [0, 0.1) is 6.92 Å². The van der Waals surface area contributed by atoms with Crippen LogP contribution in [0.2, 0.25) is 0 Å². The number of carbonyl (C=O) groups excluding carboxylic acids is 1. The zero-order valence-electron chi connectivity index (χ0n) is 16.3. The second-order valence-corrected chi connectivity index (χ2v) is 7.41. The maximum atomic E-state index is 14.5. The average molecular weight is 413 g/mol. The standard InChI is InChI=1S/C20H21F2N7O/c1-10-12-7-8-16(20(21,22)19(24)27-25)26-18(12)29(28-10)9-15-13(11-5-6-11)3-2-4-14(15)17(23)30/h2-4,7-8,11H,5-6,9,25H2,1H3,(H2,23,30)(H2,24,27). The number of hydrazone groups is 1. The minimum Gasteiger partial charge on any atom is -0.380 e. The number of carbonyl (C=O) groups is 1. The fourth-order valence-electron chi connectivity index (χ4n) is 3.65. The van der Waals surface area contributed by atoms with Crippen LogP contribution in [0.1, 0.15) is 51.6 Å². The highest BCUT2D eigenvalue weighted by atomic mass is 19.3. The molecule has 30 heavy (non-hydrogen) atoms. The van der Waals surface area contributed by atoms with E-state index in [0.717, 1.165) is 24.0 Å². The number of aryl methyl sites for hydroxylation is 1. The molecule has 0 aliphatic heterocycles. The van der Waals surface area contributed by atoms with Crippen molar-refractivity contribution < 1.29 is 13.6 Å². The maximum Gasteiger partial charge on any atom is 0.347 e. The normalized spacial score (nSPS) is 15.0. The molecule has 0 bridgehead atoms. The SMILES string of the molecule is Cc1nn(Cc2c(C(N)=O)cccc2C2CC2)c2nc(C(F)(F)/C(N)=N/N)ccc12. The number of nitrogens with two attached hydrogens (primary N) is 3. The number of amides is 1. The van der Waals surface area contributed by atoms with E-state index in [1.807, 2.05) is 6.07 Å². The summed E-state index contributed by atoms with van der Waals surface area (Å²) in [6.07, 6.45) is 2.06. The van der Waals surface area contributed by atoms with Crippen LogP contribution in [0.3, 0.4) is 0 Å². The first-order chi connectivity index (χ1) is 14.2. The summed E-state index contributed by atoms with van der Waals surface area (Å²) in [7, 11) is 0. The quantitative estimate of drug-likeness (QED) is 0.246. The molecule has 1 aliphatic rings. The van der Waals surface area contributed by atoms with Crippen molar-refractivity contribution in [1.29, 1.82) is 0 Å². The summed E-state index contributed by atoms with van der Waals surface area (Å²) in [6.45, 7) is 1.94. The Morgan fingerprint density at radius 2 is 2.00 bits per heavy atom. The summed E-state index contributed by atoms with van der Waals surface area (Å²) in [5.41, 5.74) is 13.3. The Morgan fingerprint density at radius 1 is 1.27 bits per heavy atom. The third kappa shape index (κ3) is 3.23. The van der Waals surface area contributed by atoms with Crippen molar-refractivity contribution in [2.75, 3.05) is 0 Å². The summed E-state index contributed by atoms with van der Waals surface area (Å²) < 4.78 is 30.5. The molecule has 2 aromatic heterocycles. The van der Waals surface area contributed by atoms with Crippen molar-refractivity contribution in [2.24, 2.45) is 22.4 Å². The minimum atomic E-state index is -3.63. The minimum absolute atomic E-state index is 0.178. The van der Waals surface area contributed by atoms with Gasteiger partial charge in [0.1, 0.15) is 5.69 Å². The summed E-state index contributed by atoms with van der Waals surface area (Å²) >= 11 is 0. The van der Waals surface area contributed by atoms with Gasteiger partial charge in [0.2, 0.25) is 5.91 Å². The van der Waals surface area contributed by atoms with E-state index in [1.54, 1.807) is 19.1 Å². The Balaban J connectivity index is 1.85. The number of benzene rings is 1. The fourth-order valence-corrected chi connectivity index (χ4v) is 3.65. The van der Waals surface area contributed by atoms with Gasteiger partial charge in [-0.1, -0.05) is 12.1 Å². The number of aromatic nitrogens is 3. The molecule has 1 amide bonds. The average Bonchev–Trinajstić information content (AvgIpc) is 3.52. The highest BCUT2D eigenvalue weighted by Gasteiger charge is 2.39. The van der Waals surface area contributed by atoms with Gasteiger partial charge in [-0.3, -0.25) is 4.79 Å². The molecule has 0 radical (unpaired) electrons. The molecule has 2 heterocycles. The number of primary amides is 1. The van der Waals surface area contributed by atoms with E-state index in [4.69, 9.17) is 17.3 Å². The highest BCUT2D eigenvalue weighted by Crippen LogP contribution is 2.42. The van der Waals surface area contributed by atoms with Gasteiger partial charge in [-0.15, -0.1) is 0 Å². The van der Waals surface area contributed by atoms with Crippen LogP contribution in [0.25, 0.3) is 11.0 Å². The van der Waals surface area contributed by atoms with Gasteiger partial charge >= 0.3 is 5.92 Å². The zero-order chi connectivity index (χ0) is 21.6. The third-order valence-electron chi connectivity index (χ3n) is 5.37. The first-order valence-electron chi connectivity index (χ1n) is 9.42. The van der Waals surface area contributed by atoms with Gasteiger partial charge in [-0.05, 0) is 55.0 Å². The number of amidine groups is 1. The first kappa shape index (κ1) is 19.7. The molecule has 0 saturated heterocycles. The van der Waals surface area contributed by atoms with E-state index in [0.29, 0.717) is 22.6 Å². The monoisotopic (exact) mass is 413 g/mol. The zero-order valence-corrected chi connectivity index (χ0v) is 16.3. The van der Waals surface area contributed by atoms with Gasteiger partial charge in [-0.2, -0.15) is 19.0 Å². The van der Waals surface area contributed by atoms with Crippen LogP contribution in [-0.4, -0.2) is 26.5 Å². The number of rotatable bonds is 6. The summed E-state index contributed by atoms with van der Waals surface area (Å²) in [6, 6.07) is 8.11. The van der Waals surface area contributed by atoms with Gasteiger partial charge in [0.05, 0.1) is 12.2 Å². The van der Waals surface area contributed by atoms with Crippen molar-refractivity contribution in [1.82, 2.24) is 14.8 Å². The second-order valence-electron chi connectivity index (χ2n) is 7.41. The molecule has 10 heteroatoms. The van der Waals surface area contributed by atoms with Crippen LogP contribution in [0.5, 0.6) is 0 Å². The van der Waals surface area contributed by atoms with Crippen LogP contribution >= 0.6 is 0 Å². The van der Waals surface area contributed by atoms with Gasteiger partial charge in [-0.25, -0.2) is 9.67 Å². The van der Waals surface area contributed by atoms with Crippen molar-refractivity contribution in [3.8, 4) is 0 Å². The van der Waals surface area contributed by atoms with Crippen molar-refractivity contribution in [3.63, 3.8) is 0 Å². The molecule has 6 N–H and O–H groups in total. The van der Waals surface area contributed by atoms with Crippen molar-refractivity contribution in [3.05, 3.63) is 58.4 Å². The lowest BCUT2D eigenvalue weighted by Gasteiger charge is -2.15. The predicted molar refractivity (Wildman–Crippen MR) is 108 cm³/mol. The number of fused-ring (bicyclic) bond motifs is 1. The molecular weight excluding hydrogens is 392 g/mol. The molecule has 1 aromatic carbocycles. The molecule has 156 valence electrons. The smallest absolute Gasteiger partial charge is 0.347 e. The lowest BCUT2D eigenvalue weighted by molar-refractivity contribution is 0.0694. The van der Waals surface area contributed by atoms with E-state index in [9.17, 15) is 13.6 Å². The van der Waals surface area contributed by atoms with Crippen LogP contribution < -0.4 is 17.3 Å². The Morgan fingerprint density at radius 3 is 2.63 bits per heavy atom. The van der Waals surface area contributed by atoms with Crippen molar-refractivity contribution >= 4 is 22.8 Å². The van der Waals surface area contributed by atoms with Crippen molar-refractivity contribution in [2.45, 2.75) is 38.2 Å². The molecule has 8 nitrogen and oxygen atoms in total. The number of nitrogens with zero attached hydrogens (tertiary/aromatic N) is 4. The van der Waals surface area contributed by atoms with Crippen LogP contribution in [0.15, 0.2) is 35.4 Å². The topological polar surface area (TPSA) is 138 Å². The molecule has 1 aliphatic carbocycles. The number of hydrogen-bond donors (Lipinski definition) is 3. The van der Waals surface area contributed by atoms with E-state index in [1.165, 1.54) is 16.8 Å². The fraction of sp³-hybridized carbons (Fsp3) is 0.300. The lowest BCUT2D eigenvalue weighted by atomic mass is 9.97. The Hall–Kier alpha value is -3.56. The highest BCUT2D eigenvalue weighted by molar-refractivity contribution is 5.95. The molecular formula is C20H21F2N7O. The predicted octanol–water partition coefficient (Wildman–Crippen LogP) is 2.09. The Labute approximate surface area is 170 Å². The third-order valence-corrected chi connectivity index (χ3v) is 5.37. The van der Waals surface area contributed by atoms with Crippen LogP contribution in [-0.2, 0) is 12.5 Å². The van der Waals surface area contributed by atoms with Gasteiger partial charge in [0, 0.05) is 10.9 Å². The van der Waals surface area contributed by atoms with Gasteiger partial charge < -0.3 is 17.3 Å². The molecule has 1 fully saturated rings. The summed E-state index contributed by atoms with van der Waals surface area (Å²) in [4.78, 5) is 16.1. The first-order valence-corrected chi connectivity index (χ1v) is 9.42. The van der Waals surface area contributed by atoms with E-state index in [-0.39, 0.29) is 12.2 Å². The van der Waals surface area contributed by atoms with E-state index in [2.05, 4.69) is 15.2 Å². The van der Waals surface area contributed by atoms with E-state index >= 15 is 0 Å². The molecule has 3 aromatic rings. The molecule has 0 unspecified atom stereocenters. The van der Waals surface area contributed by atoms with Gasteiger partial charge in [0.15, 0.2) is 11.5 Å². The summed E-state index contributed by atoms with van der Waals surface area (Å²) in [5, 5.41) is 7.99. The molecule has 4 rings (SSSR count). The summed E-state index contributed by atoms with van der Waals surface area (Å²) in [5.74, 6) is 0.0791. The molecule has 0 atom stereocenters. The van der Waals surface area contributed by atoms with Crippen LogP contribution in [0.4, 0.5) is 8.78 Å². The number of alkyl halides is 2. The Bertz CT molecular complexity index is 1180. The lowest BCUT2D eigenvalue weighted by Crippen LogP contribution is -2.35. The Kier molecular flexibility index (Phi) is 4.64. The second kappa shape index (κ2) is 7.05. The largest absolute Gasteiger partial charge is 0.380 e. The molecule has 1 saturated carbocycles. The number of pyridine rings is 1. The maximum absolute atomic E-state index is 14.5.